The molecule has 0 aliphatic carbocycles. The minimum Gasteiger partial charge on any atom is -0.480 e. The number of aliphatic hydroxyl groups is 1. The first-order valence-electron chi connectivity index (χ1n) is 8.53. The molecule has 0 spiro atoms. The number of para-hydroxylation sites is 1. The van der Waals surface area contributed by atoms with E-state index in [0.29, 0.717) is 0 Å². The molecular formula is C18H24N4O5. The van der Waals surface area contributed by atoms with E-state index >= 15 is 0 Å². The third kappa shape index (κ3) is 5.05. The molecule has 0 saturated carbocycles. The van der Waals surface area contributed by atoms with Crippen molar-refractivity contribution in [3.8, 4) is 0 Å². The molecule has 0 bridgehead atoms. The highest BCUT2D eigenvalue weighted by atomic mass is 16.4. The predicted octanol–water partition coefficient (Wildman–Crippen LogP) is -0.507. The van der Waals surface area contributed by atoms with Gasteiger partial charge in [-0.1, -0.05) is 18.2 Å². The van der Waals surface area contributed by atoms with Gasteiger partial charge in [-0.05, 0) is 25.5 Å². The van der Waals surface area contributed by atoms with Crippen LogP contribution in [0.25, 0.3) is 10.9 Å². The van der Waals surface area contributed by atoms with E-state index in [1.165, 1.54) is 13.8 Å². The molecule has 2 rings (SSSR count). The lowest BCUT2D eigenvalue weighted by molar-refractivity contribution is -0.142. The van der Waals surface area contributed by atoms with E-state index in [2.05, 4.69) is 15.6 Å². The molecular weight excluding hydrogens is 352 g/mol. The summed E-state index contributed by atoms with van der Waals surface area (Å²) < 4.78 is 0. The maximum Gasteiger partial charge on any atom is 0.326 e. The van der Waals surface area contributed by atoms with Gasteiger partial charge in [0.15, 0.2) is 0 Å². The van der Waals surface area contributed by atoms with Crippen LogP contribution in [0.4, 0.5) is 0 Å². The Labute approximate surface area is 155 Å². The molecule has 9 nitrogen and oxygen atoms in total. The van der Waals surface area contributed by atoms with E-state index in [1.54, 1.807) is 6.20 Å². The number of carbonyl (C=O) groups excluding carboxylic acids is 2. The van der Waals surface area contributed by atoms with Crippen LogP contribution in [0.1, 0.15) is 19.4 Å². The number of aliphatic carboxylic acids is 1. The number of aromatic amines is 1. The number of carboxylic acid groups (broad SMARTS) is 1. The van der Waals surface area contributed by atoms with E-state index in [1.807, 2.05) is 24.3 Å². The monoisotopic (exact) mass is 376 g/mol. The summed E-state index contributed by atoms with van der Waals surface area (Å²) in [5.41, 5.74) is 7.04. The van der Waals surface area contributed by atoms with E-state index in [9.17, 15) is 24.6 Å². The number of carbonyl (C=O) groups is 3. The second-order valence-electron chi connectivity index (χ2n) is 6.48. The topological polar surface area (TPSA) is 158 Å². The molecule has 0 aliphatic heterocycles. The Morgan fingerprint density at radius 1 is 1.15 bits per heavy atom. The van der Waals surface area contributed by atoms with E-state index in [0.717, 1.165) is 16.5 Å². The Morgan fingerprint density at radius 2 is 1.81 bits per heavy atom. The molecule has 146 valence electrons. The molecule has 1 heterocycles. The minimum atomic E-state index is -1.31. The minimum absolute atomic E-state index is 0.0405. The number of carboxylic acids is 1. The van der Waals surface area contributed by atoms with Crippen LogP contribution >= 0.6 is 0 Å². The predicted molar refractivity (Wildman–Crippen MR) is 98.8 cm³/mol. The number of rotatable bonds is 8. The molecule has 0 aliphatic rings. The molecule has 4 atom stereocenters. The van der Waals surface area contributed by atoms with Crippen LogP contribution in [-0.4, -0.2) is 57.2 Å². The summed E-state index contributed by atoms with van der Waals surface area (Å²) in [6, 6.07) is 3.98. The summed E-state index contributed by atoms with van der Waals surface area (Å²) in [4.78, 5) is 38.9. The Balaban J connectivity index is 2.15. The SMILES string of the molecule is C[C@H](N)C(=O)N[C@H](C(=O)N[C@@H](Cc1c[nH]c2ccccc12)C(=O)O)[C@@H](C)O. The average molecular weight is 376 g/mol. The van der Waals surface area contributed by atoms with Gasteiger partial charge >= 0.3 is 5.97 Å². The normalized spacial score (nSPS) is 15.6. The van der Waals surface area contributed by atoms with Gasteiger partial charge in [0.2, 0.25) is 11.8 Å². The fourth-order valence-corrected chi connectivity index (χ4v) is 2.67. The number of nitrogens with one attached hydrogen (secondary N) is 3. The Bertz CT molecular complexity index is 830. The van der Waals surface area contributed by atoms with Crippen LogP contribution in [0.3, 0.4) is 0 Å². The quantitative estimate of drug-likeness (QED) is 0.364. The summed E-state index contributed by atoms with van der Waals surface area (Å²) in [5.74, 6) is -2.65. The molecule has 1 aromatic carbocycles. The smallest absolute Gasteiger partial charge is 0.326 e. The zero-order chi connectivity index (χ0) is 20.1. The van der Waals surface area contributed by atoms with Gasteiger partial charge in [0.1, 0.15) is 12.1 Å². The molecule has 7 N–H and O–H groups in total. The molecule has 1 aromatic heterocycles. The average Bonchev–Trinajstić information content (AvgIpc) is 3.01. The van der Waals surface area contributed by atoms with Gasteiger partial charge in [0.05, 0.1) is 12.1 Å². The number of aliphatic hydroxyl groups excluding tert-OH is 1. The van der Waals surface area contributed by atoms with Gasteiger partial charge in [0, 0.05) is 23.5 Å². The molecule has 0 saturated heterocycles. The summed E-state index contributed by atoms with van der Waals surface area (Å²) in [6.07, 6.45) is 0.505. The third-order valence-corrected chi connectivity index (χ3v) is 4.19. The number of hydrogen-bond acceptors (Lipinski definition) is 5. The first kappa shape index (κ1) is 20.4. The fraction of sp³-hybridized carbons (Fsp3) is 0.389. The maximum atomic E-state index is 12.5. The zero-order valence-electron chi connectivity index (χ0n) is 15.1. The van der Waals surface area contributed by atoms with Gasteiger partial charge in [-0.25, -0.2) is 4.79 Å². The standard InChI is InChI=1S/C18H24N4O5/c1-9(19)16(24)22-15(10(2)23)17(25)21-14(18(26)27)7-11-8-20-13-6-4-3-5-12(11)13/h3-6,8-10,14-15,20,23H,7,19H2,1-2H3,(H,21,25)(H,22,24)(H,26,27)/t9-,10+,14-,15-/m0/s1. The number of benzene rings is 1. The van der Waals surface area contributed by atoms with E-state index in [4.69, 9.17) is 5.73 Å². The molecule has 27 heavy (non-hydrogen) atoms. The molecule has 2 amide bonds. The first-order valence-corrected chi connectivity index (χ1v) is 8.53. The lowest BCUT2D eigenvalue weighted by Crippen LogP contribution is -2.58. The van der Waals surface area contributed by atoms with Crippen molar-refractivity contribution in [1.82, 2.24) is 15.6 Å². The van der Waals surface area contributed by atoms with Crippen LogP contribution < -0.4 is 16.4 Å². The molecule has 0 unspecified atom stereocenters. The van der Waals surface area contributed by atoms with Crippen molar-refractivity contribution in [2.45, 2.75) is 44.5 Å². The lowest BCUT2D eigenvalue weighted by Gasteiger charge is -2.24. The van der Waals surface area contributed by atoms with Gasteiger partial charge in [-0.15, -0.1) is 0 Å². The molecule has 0 fully saturated rings. The van der Waals surface area contributed by atoms with Crippen molar-refractivity contribution in [3.63, 3.8) is 0 Å². The van der Waals surface area contributed by atoms with Crippen LogP contribution in [0.5, 0.6) is 0 Å². The van der Waals surface area contributed by atoms with Crippen LogP contribution in [0.15, 0.2) is 30.5 Å². The Hall–Kier alpha value is -2.91. The van der Waals surface area contributed by atoms with Crippen molar-refractivity contribution < 1.29 is 24.6 Å². The van der Waals surface area contributed by atoms with E-state index in [-0.39, 0.29) is 6.42 Å². The molecule has 0 radical (unpaired) electrons. The first-order chi connectivity index (χ1) is 12.7. The van der Waals surface area contributed by atoms with Gasteiger partial charge < -0.3 is 31.6 Å². The summed E-state index contributed by atoms with van der Waals surface area (Å²) >= 11 is 0. The number of H-pyrrole nitrogens is 1. The second kappa shape index (κ2) is 8.65. The number of fused-ring (bicyclic) bond motifs is 1. The van der Waals surface area contributed by atoms with Crippen molar-refractivity contribution in [2.24, 2.45) is 5.73 Å². The van der Waals surface area contributed by atoms with Crippen LogP contribution in [-0.2, 0) is 20.8 Å². The molecule has 9 heteroatoms. The third-order valence-electron chi connectivity index (χ3n) is 4.19. The second-order valence-corrected chi connectivity index (χ2v) is 6.48. The number of aromatic nitrogens is 1. The van der Waals surface area contributed by atoms with Crippen LogP contribution in [0, 0.1) is 0 Å². The van der Waals surface area contributed by atoms with Gasteiger partial charge in [-0.3, -0.25) is 9.59 Å². The highest BCUT2D eigenvalue weighted by Gasteiger charge is 2.30. The highest BCUT2D eigenvalue weighted by molar-refractivity contribution is 5.92. The summed E-state index contributed by atoms with van der Waals surface area (Å²) in [6.45, 7) is 2.75. The van der Waals surface area contributed by atoms with Crippen molar-refractivity contribution >= 4 is 28.7 Å². The van der Waals surface area contributed by atoms with Gasteiger partial charge in [-0.2, -0.15) is 0 Å². The highest BCUT2D eigenvalue weighted by Crippen LogP contribution is 2.19. The maximum absolute atomic E-state index is 12.5. The van der Waals surface area contributed by atoms with Crippen molar-refractivity contribution in [2.75, 3.05) is 0 Å². The Kier molecular flexibility index (Phi) is 6.54. The number of amides is 2. The fourth-order valence-electron chi connectivity index (χ4n) is 2.67. The Morgan fingerprint density at radius 3 is 2.41 bits per heavy atom. The number of nitrogens with two attached hydrogens (primary N) is 1. The van der Waals surface area contributed by atoms with Crippen LogP contribution in [0.2, 0.25) is 0 Å². The molecule has 2 aromatic rings. The van der Waals surface area contributed by atoms with Crippen molar-refractivity contribution in [3.05, 3.63) is 36.0 Å². The van der Waals surface area contributed by atoms with Crippen molar-refractivity contribution in [1.29, 1.82) is 0 Å². The summed E-state index contributed by atoms with van der Waals surface area (Å²) in [7, 11) is 0. The zero-order valence-corrected chi connectivity index (χ0v) is 15.1. The van der Waals surface area contributed by atoms with Gasteiger partial charge in [0.25, 0.3) is 0 Å². The largest absolute Gasteiger partial charge is 0.480 e. The number of hydrogen-bond donors (Lipinski definition) is 6. The summed E-state index contributed by atoms with van der Waals surface area (Å²) in [5, 5.41) is 24.8. The lowest BCUT2D eigenvalue weighted by atomic mass is 10.0. The van der Waals surface area contributed by atoms with E-state index < -0.39 is 42.0 Å².